The molecule has 0 aliphatic carbocycles. The SMILES string of the molecule is [C-]#[N+]CC(=O)N1CCN(C(=O)OCC)CC1. The predicted molar refractivity (Wildman–Crippen MR) is 56.6 cm³/mol. The van der Waals surface area contributed by atoms with Gasteiger partial charge in [-0.05, 0) is 6.92 Å². The van der Waals surface area contributed by atoms with Crippen molar-refractivity contribution in [2.24, 2.45) is 0 Å². The summed E-state index contributed by atoms with van der Waals surface area (Å²) in [6.45, 7) is 10.5. The van der Waals surface area contributed by atoms with Crippen LogP contribution in [0, 0.1) is 6.57 Å². The Morgan fingerprint density at radius 1 is 1.25 bits per heavy atom. The largest absolute Gasteiger partial charge is 0.450 e. The Morgan fingerprint density at radius 3 is 2.31 bits per heavy atom. The first kappa shape index (κ1) is 12.3. The van der Waals surface area contributed by atoms with Crippen molar-refractivity contribution in [3.8, 4) is 0 Å². The molecule has 0 saturated carbocycles. The van der Waals surface area contributed by atoms with Crippen molar-refractivity contribution in [1.82, 2.24) is 9.80 Å². The van der Waals surface area contributed by atoms with E-state index >= 15 is 0 Å². The van der Waals surface area contributed by atoms with E-state index in [0.717, 1.165) is 0 Å². The normalized spacial score (nSPS) is 15.5. The van der Waals surface area contributed by atoms with E-state index in [1.165, 1.54) is 0 Å². The van der Waals surface area contributed by atoms with E-state index in [-0.39, 0.29) is 18.5 Å². The minimum absolute atomic E-state index is 0.112. The topological polar surface area (TPSA) is 54.2 Å². The van der Waals surface area contributed by atoms with Crippen LogP contribution in [0.15, 0.2) is 0 Å². The third kappa shape index (κ3) is 3.12. The lowest BCUT2D eigenvalue weighted by Crippen LogP contribution is -2.51. The summed E-state index contributed by atoms with van der Waals surface area (Å²) in [4.78, 5) is 29.0. The van der Waals surface area contributed by atoms with E-state index in [9.17, 15) is 9.59 Å². The Labute approximate surface area is 94.6 Å². The van der Waals surface area contributed by atoms with Gasteiger partial charge in [-0.25, -0.2) is 11.4 Å². The van der Waals surface area contributed by atoms with Gasteiger partial charge in [-0.3, -0.25) is 4.79 Å². The highest BCUT2D eigenvalue weighted by Crippen LogP contribution is 2.04. The summed E-state index contributed by atoms with van der Waals surface area (Å²) in [6.07, 6.45) is -0.334. The molecule has 1 saturated heterocycles. The Kier molecular flexibility index (Phi) is 4.58. The molecule has 6 nitrogen and oxygen atoms in total. The van der Waals surface area contributed by atoms with Crippen molar-refractivity contribution >= 4 is 12.0 Å². The fourth-order valence-corrected chi connectivity index (χ4v) is 1.52. The zero-order chi connectivity index (χ0) is 12.0. The van der Waals surface area contributed by atoms with Gasteiger partial charge in [0.25, 0.3) is 6.54 Å². The third-order valence-corrected chi connectivity index (χ3v) is 2.37. The van der Waals surface area contributed by atoms with Crippen molar-refractivity contribution in [3.63, 3.8) is 0 Å². The third-order valence-electron chi connectivity index (χ3n) is 2.37. The fourth-order valence-electron chi connectivity index (χ4n) is 1.52. The molecule has 88 valence electrons. The number of hydrogen-bond donors (Lipinski definition) is 0. The molecular formula is C10H15N3O3. The minimum Gasteiger partial charge on any atom is -0.450 e. The first-order valence-corrected chi connectivity index (χ1v) is 5.21. The Bertz CT molecular complexity index is 303. The number of amides is 2. The maximum Gasteiger partial charge on any atom is 0.409 e. The molecule has 2 amide bonds. The zero-order valence-electron chi connectivity index (χ0n) is 9.31. The molecule has 0 N–H and O–H groups in total. The second-order valence-corrected chi connectivity index (χ2v) is 3.38. The summed E-state index contributed by atoms with van der Waals surface area (Å²) in [5.74, 6) is -0.168. The van der Waals surface area contributed by atoms with Gasteiger partial charge in [0.15, 0.2) is 0 Å². The monoisotopic (exact) mass is 225 g/mol. The van der Waals surface area contributed by atoms with Crippen LogP contribution in [0.25, 0.3) is 4.85 Å². The number of carbonyl (C=O) groups is 2. The van der Waals surface area contributed by atoms with Crippen molar-refractivity contribution in [2.45, 2.75) is 6.92 Å². The van der Waals surface area contributed by atoms with Gasteiger partial charge < -0.3 is 19.4 Å². The Balaban J connectivity index is 2.37. The van der Waals surface area contributed by atoms with Crippen molar-refractivity contribution in [3.05, 3.63) is 11.4 Å². The lowest BCUT2D eigenvalue weighted by molar-refractivity contribution is -0.130. The average molecular weight is 225 g/mol. The molecule has 0 unspecified atom stereocenters. The van der Waals surface area contributed by atoms with Crippen molar-refractivity contribution in [1.29, 1.82) is 0 Å². The van der Waals surface area contributed by atoms with E-state index in [0.29, 0.717) is 32.8 Å². The van der Waals surface area contributed by atoms with E-state index < -0.39 is 0 Å². The number of carbonyl (C=O) groups excluding carboxylic acids is 2. The van der Waals surface area contributed by atoms with Crippen LogP contribution in [0.4, 0.5) is 4.79 Å². The van der Waals surface area contributed by atoms with Gasteiger partial charge in [-0.15, -0.1) is 0 Å². The number of hydrogen-bond acceptors (Lipinski definition) is 3. The van der Waals surface area contributed by atoms with E-state index in [2.05, 4.69) is 4.85 Å². The van der Waals surface area contributed by atoms with E-state index in [1.807, 2.05) is 0 Å². The second kappa shape index (κ2) is 5.95. The molecule has 0 aromatic heterocycles. The summed E-state index contributed by atoms with van der Waals surface area (Å²) in [5, 5.41) is 0. The predicted octanol–water partition coefficient (Wildman–Crippen LogP) is 0.206. The Hall–Kier alpha value is -1.77. The van der Waals surface area contributed by atoms with E-state index in [4.69, 9.17) is 11.3 Å². The van der Waals surface area contributed by atoms with Crippen LogP contribution in [0.3, 0.4) is 0 Å². The van der Waals surface area contributed by atoms with Gasteiger partial charge in [-0.2, -0.15) is 0 Å². The number of rotatable bonds is 2. The maximum absolute atomic E-state index is 11.4. The highest BCUT2D eigenvalue weighted by atomic mass is 16.6. The maximum atomic E-state index is 11.4. The van der Waals surface area contributed by atoms with Gasteiger partial charge in [0.2, 0.25) is 0 Å². The summed E-state index contributed by atoms with van der Waals surface area (Å²) < 4.78 is 4.86. The second-order valence-electron chi connectivity index (χ2n) is 3.38. The highest BCUT2D eigenvalue weighted by Gasteiger charge is 2.25. The van der Waals surface area contributed by atoms with Gasteiger partial charge in [0, 0.05) is 26.2 Å². The van der Waals surface area contributed by atoms with Crippen LogP contribution in [0.1, 0.15) is 6.92 Å². The minimum atomic E-state index is -0.334. The van der Waals surface area contributed by atoms with Crippen molar-refractivity contribution < 1.29 is 14.3 Å². The molecule has 1 aliphatic heterocycles. The molecule has 0 spiro atoms. The number of piperazine rings is 1. The zero-order valence-corrected chi connectivity index (χ0v) is 9.31. The summed E-state index contributed by atoms with van der Waals surface area (Å²) in [5.41, 5.74) is 0. The molecule has 1 aliphatic rings. The lowest BCUT2D eigenvalue weighted by Gasteiger charge is -2.33. The van der Waals surface area contributed by atoms with Crippen LogP contribution >= 0.6 is 0 Å². The summed E-state index contributed by atoms with van der Waals surface area (Å²) >= 11 is 0. The summed E-state index contributed by atoms with van der Waals surface area (Å²) in [6, 6.07) is 0. The van der Waals surface area contributed by atoms with Gasteiger partial charge >= 0.3 is 12.0 Å². The smallest absolute Gasteiger partial charge is 0.409 e. The number of nitrogens with zero attached hydrogens (tertiary/aromatic N) is 3. The molecule has 16 heavy (non-hydrogen) atoms. The molecule has 0 aromatic rings. The molecule has 0 aromatic carbocycles. The lowest BCUT2D eigenvalue weighted by atomic mass is 10.3. The fraction of sp³-hybridized carbons (Fsp3) is 0.700. The molecule has 1 fully saturated rings. The number of ether oxygens (including phenoxy) is 1. The van der Waals surface area contributed by atoms with Crippen LogP contribution < -0.4 is 0 Å². The molecule has 1 rings (SSSR count). The molecular weight excluding hydrogens is 210 g/mol. The highest BCUT2D eigenvalue weighted by molar-refractivity contribution is 5.80. The van der Waals surface area contributed by atoms with Crippen LogP contribution in [0.5, 0.6) is 0 Å². The molecule has 0 bridgehead atoms. The van der Waals surface area contributed by atoms with Gasteiger partial charge in [0.05, 0.1) is 6.61 Å². The standard InChI is InChI=1S/C10H15N3O3/c1-3-16-10(15)13-6-4-12(5-7-13)9(14)8-11-2/h3-8H2,1H3. The van der Waals surface area contributed by atoms with E-state index in [1.54, 1.807) is 16.7 Å². The quantitative estimate of drug-likeness (QED) is 0.631. The van der Waals surface area contributed by atoms with Crippen molar-refractivity contribution in [2.75, 3.05) is 39.3 Å². The molecule has 0 radical (unpaired) electrons. The molecule has 1 heterocycles. The first-order chi connectivity index (χ1) is 7.69. The molecule has 6 heteroatoms. The van der Waals surface area contributed by atoms with Crippen LogP contribution in [0.2, 0.25) is 0 Å². The first-order valence-electron chi connectivity index (χ1n) is 5.21. The average Bonchev–Trinajstić information content (AvgIpc) is 2.30. The van der Waals surface area contributed by atoms with Crippen LogP contribution in [-0.2, 0) is 9.53 Å². The van der Waals surface area contributed by atoms with Crippen LogP contribution in [-0.4, -0.2) is 61.1 Å². The van der Waals surface area contributed by atoms with Gasteiger partial charge in [0.1, 0.15) is 0 Å². The summed E-state index contributed by atoms with van der Waals surface area (Å²) in [7, 11) is 0. The van der Waals surface area contributed by atoms with Gasteiger partial charge in [-0.1, -0.05) is 0 Å². The molecule has 0 atom stereocenters. The Morgan fingerprint density at radius 2 is 1.81 bits per heavy atom.